The summed E-state index contributed by atoms with van der Waals surface area (Å²) in [5.41, 5.74) is 3.13. The molecule has 190 valence electrons. The molecular formula is C29H42N4O2. The van der Waals surface area contributed by atoms with Crippen LogP contribution in [0.3, 0.4) is 0 Å². The summed E-state index contributed by atoms with van der Waals surface area (Å²) in [6.45, 7) is 10.5. The quantitative estimate of drug-likeness (QED) is 0.686. The van der Waals surface area contributed by atoms with Gasteiger partial charge in [0.15, 0.2) is 0 Å². The number of nitrogens with zero attached hydrogens (tertiary/aromatic N) is 3. The summed E-state index contributed by atoms with van der Waals surface area (Å²) in [7, 11) is 0. The second kappa shape index (κ2) is 9.10. The minimum absolute atomic E-state index is 0.00992. The molecule has 0 aromatic heterocycles. The van der Waals surface area contributed by atoms with Crippen LogP contribution in [0.4, 0.5) is 11.4 Å². The Balaban J connectivity index is 1.12. The second-order valence-corrected chi connectivity index (χ2v) is 12.3. The summed E-state index contributed by atoms with van der Waals surface area (Å²) in [5.74, 6) is 2.51. The van der Waals surface area contributed by atoms with Gasteiger partial charge in [-0.2, -0.15) is 0 Å². The van der Waals surface area contributed by atoms with Crippen LogP contribution in [0.2, 0.25) is 0 Å². The van der Waals surface area contributed by atoms with Crippen molar-refractivity contribution in [2.75, 3.05) is 49.5 Å². The Bertz CT molecular complexity index is 948. The molecule has 1 atom stereocenters. The van der Waals surface area contributed by atoms with Gasteiger partial charge in [-0.3, -0.25) is 9.59 Å². The molecule has 6 heteroatoms. The predicted octanol–water partition coefficient (Wildman–Crippen LogP) is 4.28. The van der Waals surface area contributed by atoms with Crippen LogP contribution in [-0.2, 0) is 9.59 Å². The number of aryl methyl sites for hydroxylation is 1. The second-order valence-electron chi connectivity index (χ2n) is 12.3. The maximum absolute atomic E-state index is 13.9. The third-order valence-corrected chi connectivity index (χ3v) is 9.93. The topological polar surface area (TPSA) is 55.9 Å². The molecule has 1 unspecified atom stereocenters. The van der Waals surface area contributed by atoms with Crippen molar-refractivity contribution in [3.63, 3.8) is 0 Å². The summed E-state index contributed by atoms with van der Waals surface area (Å²) in [5, 5.41) is 3.17. The largest absolute Gasteiger partial charge is 0.369 e. The van der Waals surface area contributed by atoms with Crippen LogP contribution in [0.1, 0.15) is 63.9 Å². The fourth-order valence-corrected chi connectivity index (χ4v) is 8.58. The van der Waals surface area contributed by atoms with Crippen LogP contribution < -0.4 is 10.2 Å². The van der Waals surface area contributed by atoms with Crippen molar-refractivity contribution in [2.24, 2.45) is 23.2 Å². The zero-order valence-electron chi connectivity index (χ0n) is 21.6. The number of likely N-dealkylation sites (tertiary alicyclic amines) is 1. The smallest absolute Gasteiger partial charge is 0.247 e. The van der Waals surface area contributed by atoms with Crippen LogP contribution in [-0.4, -0.2) is 66.9 Å². The Morgan fingerprint density at radius 1 is 0.971 bits per heavy atom. The Hall–Kier alpha value is -2.08. The van der Waals surface area contributed by atoms with Gasteiger partial charge in [0.05, 0.1) is 5.41 Å². The molecule has 1 aromatic rings. The number of hydrogen-bond acceptors (Lipinski definition) is 4. The molecule has 2 aliphatic heterocycles. The van der Waals surface area contributed by atoms with Gasteiger partial charge in [-0.1, -0.05) is 6.92 Å². The molecule has 2 amide bonds. The van der Waals surface area contributed by atoms with Gasteiger partial charge in [0.1, 0.15) is 6.04 Å². The first-order valence-corrected chi connectivity index (χ1v) is 14.1. The van der Waals surface area contributed by atoms with E-state index < -0.39 is 0 Å². The highest BCUT2D eigenvalue weighted by Crippen LogP contribution is 2.60. The average molecular weight is 479 g/mol. The van der Waals surface area contributed by atoms with Crippen molar-refractivity contribution >= 4 is 23.2 Å². The van der Waals surface area contributed by atoms with Crippen LogP contribution in [0.15, 0.2) is 18.2 Å². The number of piperazine rings is 1. The van der Waals surface area contributed by atoms with Gasteiger partial charge in [0.2, 0.25) is 11.8 Å². The highest BCUT2D eigenvalue weighted by molar-refractivity contribution is 5.98. The zero-order valence-corrected chi connectivity index (χ0v) is 21.6. The summed E-state index contributed by atoms with van der Waals surface area (Å²) in [6, 6.07) is 5.96. The molecule has 6 fully saturated rings. The molecule has 4 saturated carbocycles. The number of carbonyl (C=O) groups excluding carboxylic acids is 2. The first kappa shape index (κ1) is 23.3. The van der Waals surface area contributed by atoms with Crippen molar-refractivity contribution in [3.8, 4) is 0 Å². The summed E-state index contributed by atoms with van der Waals surface area (Å²) < 4.78 is 0. The van der Waals surface area contributed by atoms with E-state index in [2.05, 4.69) is 41.1 Å². The summed E-state index contributed by atoms with van der Waals surface area (Å²) in [6.07, 6.45) is 8.91. The number of rotatable bonds is 5. The van der Waals surface area contributed by atoms with Gasteiger partial charge in [-0.25, -0.2) is 0 Å². The Morgan fingerprint density at radius 2 is 1.63 bits per heavy atom. The summed E-state index contributed by atoms with van der Waals surface area (Å²) >= 11 is 0. The maximum Gasteiger partial charge on any atom is 0.247 e. The third-order valence-electron chi connectivity index (χ3n) is 9.93. The molecule has 1 aromatic carbocycles. The molecule has 2 heterocycles. The number of benzene rings is 1. The van der Waals surface area contributed by atoms with E-state index in [0.29, 0.717) is 5.91 Å². The van der Waals surface area contributed by atoms with Crippen molar-refractivity contribution < 1.29 is 9.59 Å². The number of likely N-dealkylation sites (N-methyl/N-ethyl adjacent to an activating group) is 1. The average Bonchev–Trinajstić information content (AvgIpc) is 3.33. The molecule has 6 aliphatic rings. The van der Waals surface area contributed by atoms with E-state index in [1.807, 2.05) is 11.0 Å². The lowest BCUT2D eigenvalue weighted by Gasteiger charge is -2.56. The number of carbonyl (C=O) groups is 2. The third kappa shape index (κ3) is 4.26. The van der Waals surface area contributed by atoms with E-state index in [1.165, 1.54) is 30.5 Å². The van der Waals surface area contributed by atoms with E-state index in [4.69, 9.17) is 0 Å². The van der Waals surface area contributed by atoms with Crippen LogP contribution >= 0.6 is 0 Å². The lowest BCUT2D eigenvalue weighted by Crippen LogP contribution is -2.56. The van der Waals surface area contributed by atoms with Crippen LogP contribution in [0.5, 0.6) is 0 Å². The van der Waals surface area contributed by atoms with Crippen molar-refractivity contribution in [3.05, 3.63) is 23.8 Å². The van der Waals surface area contributed by atoms with Gasteiger partial charge < -0.3 is 20.0 Å². The fraction of sp³-hybridized carbons (Fsp3) is 0.724. The van der Waals surface area contributed by atoms with Crippen LogP contribution in [0.25, 0.3) is 0 Å². The van der Waals surface area contributed by atoms with Gasteiger partial charge in [-0.15, -0.1) is 0 Å². The summed E-state index contributed by atoms with van der Waals surface area (Å²) in [4.78, 5) is 34.2. The normalized spacial score (nSPS) is 34.5. The minimum atomic E-state index is -0.322. The standard InChI is InChI=1S/C29H42N4O2/c1-3-31-9-11-32(12-10-31)25-7-6-24(13-20(25)2)30-27(34)26-5-4-8-33(26)28(35)29-17-21-14-22(18-29)16-23(15-21)19-29/h6-7,13,21-23,26H,3-5,8-12,14-19H2,1-2H3,(H,30,34). The predicted molar refractivity (Wildman–Crippen MR) is 139 cm³/mol. The van der Waals surface area contributed by atoms with Crippen LogP contribution in [0, 0.1) is 30.1 Å². The fourth-order valence-electron chi connectivity index (χ4n) is 8.58. The van der Waals surface area contributed by atoms with E-state index >= 15 is 0 Å². The molecule has 0 radical (unpaired) electrons. The molecule has 35 heavy (non-hydrogen) atoms. The molecule has 4 aliphatic carbocycles. The lowest BCUT2D eigenvalue weighted by molar-refractivity contribution is -0.160. The Kier molecular flexibility index (Phi) is 6.06. The monoisotopic (exact) mass is 478 g/mol. The van der Waals surface area contributed by atoms with Gasteiger partial charge in [0.25, 0.3) is 0 Å². The highest BCUT2D eigenvalue weighted by Gasteiger charge is 2.56. The number of nitrogens with one attached hydrogen (secondary N) is 1. The molecule has 0 spiro atoms. The zero-order chi connectivity index (χ0) is 24.2. The molecule has 1 N–H and O–H groups in total. The molecule has 2 saturated heterocycles. The molecule has 6 nitrogen and oxygen atoms in total. The molecule has 4 bridgehead atoms. The van der Waals surface area contributed by atoms with E-state index in [1.54, 1.807) is 0 Å². The number of hydrogen-bond donors (Lipinski definition) is 1. The Labute approximate surface area is 210 Å². The van der Waals surface area contributed by atoms with Gasteiger partial charge in [0, 0.05) is 44.1 Å². The minimum Gasteiger partial charge on any atom is -0.369 e. The number of amides is 2. The van der Waals surface area contributed by atoms with E-state index in [9.17, 15) is 9.59 Å². The first-order chi connectivity index (χ1) is 16.9. The van der Waals surface area contributed by atoms with Gasteiger partial charge >= 0.3 is 0 Å². The first-order valence-electron chi connectivity index (χ1n) is 14.1. The SMILES string of the molecule is CCN1CCN(c2ccc(NC(=O)C3CCCN3C(=O)C34CC5CC(CC(C5)C3)C4)cc2C)CC1. The molecule has 7 rings (SSSR count). The van der Waals surface area contributed by atoms with Crippen molar-refractivity contribution in [1.29, 1.82) is 0 Å². The highest BCUT2D eigenvalue weighted by atomic mass is 16.2. The molecular weight excluding hydrogens is 436 g/mol. The maximum atomic E-state index is 13.9. The van der Waals surface area contributed by atoms with Crippen molar-refractivity contribution in [2.45, 2.75) is 71.3 Å². The van der Waals surface area contributed by atoms with E-state index in [-0.39, 0.29) is 17.4 Å². The Morgan fingerprint density at radius 3 is 2.23 bits per heavy atom. The van der Waals surface area contributed by atoms with Gasteiger partial charge in [-0.05, 0) is 106 Å². The van der Waals surface area contributed by atoms with Crippen molar-refractivity contribution in [1.82, 2.24) is 9.80 Å². The lowest BCUT2D eigenvalue weighted by atomic mass is 9.49. The van der Waals surface area contributed by atoms with E-state index in [0.717, 1.165) is 94.8 Å². The number of anilines is 2.